The Balaban J connectivity index is 2.66. The lowest BCUT2D eigenvalue weighted by atomic mass is 10.0. The average molecular weight is 172 g/mol. The summed E-state index contributed by atoms with van der Waals surface area (Å²) in [5.74, 6) is 2.68. The van der Waals surface area contributed by atoms with Gasteiger partial charge in [-0.05, 0) is 0 Å². The highest BCUT2D eigenvalue weighted by Gasteiger charge is 2.07. The van der Waals surface area contributed by atoms with Crippen LogP contribution in [0.15, 0.2) is 30.3 Å². The van der Waals surface area contributed by atoms with Crippen molar-refractivity contribution in [1.29, 1.82) is 0 Å². The Hall–Kier alpha value is -1.55. The third kappa shape index (κ3) is 2.76. The van der Waals surface area contributed by atoms with Gasteiger partial charge in [-0.25, -0.2) is 0 Å². The van der Waals surface area contributed by atoms with E-state index < -0.39 is 0 Å². The smallest absolute Gasteiger partial charge is 0.164 e. The second-order valence-electron chi connectivity index (χ2n) is 3.06. The van der Waals surface area contributed by atoms with E-state index in [9.17, 15) is 4.79 Å². The monoisotopic (exact) mass is 172 g/mol. The van der Waals surface area contributed by atoms with Crippen LogP contribution in [0.3, 0.4) is 0 Å². The van der Waals surface area contributed by atoms with Crippen molar-refractivity contribution in [3.63, 3.8) is 0 Å². The molecule has 1 aromatic carbocycles. The molecular formula is C12H12O. The van der Waals surface area contributed by atoms with Crippen molar-refractivity contribution in [2.75, 3.05) is 0 Å². The van der Waals surface area contributed by atoms with E-state index in [1.165, 1.54) is 0 Å². The maximum Gasteiger partial charge on any atom is 0.164 e. The van der Waals surface area contributed by atoms with Crippen molar-refractivity contribution in [2.45, 2.75) is 13.3 Å². The van der Waals surface area contributed by atoms with Crippen LogP contribution in [0.25, 0.3) is 0 Å². The number of carbonyl (C=O) groups excluding carboxylic acids is 1. The zero-order valence-corrected chi connectivity index (χ0v) is 7.66. The molecule has 0 aromatic heterocycles. The molecule has 0 spiro atoms. The fourth-order valence-electron chi connectivity index (χ4n) is 1.08. The first-order valence-corrected chi connectivity index (χ1v) is 4.28. The van der Waals surface area contributed by atoms with Crippen LogP contribution in [0.2, 0.25) is 0 Å². The van der Waals surface area contributed by atoms with E-state index in [0.29, 0.717) is 6.42 Å². The Labute approximate surface area is 78.8 Å². The third-order valence-corrected chi connectivity index (χ3v) is 1.87. The van der Waals surface area contributed by atoms with Gasteiger partial charge in [0.1, 0.15) is 0 Å². The lowest BCUT2D eigenvalue weighted by Crippen LogP contribution is -2.03. The minimum atomic E-state index is 0.0210. The molecule has 1 unspecified atom stereocenters. The Morgan fingerprint density at radius 3 is 2.62 bits per heavy atom. The minimum absolute atomic E-state index is 0.0210. The van der Waals surface area contributed by atoms with E-state index in [4.69, 9.17) is 6.42 Å². The summed E-state index contributed by atoms with van der Waals surface area (Å²) in [7, 11) is 0. The van der Waals surface area contributed by atoms with E-state index in [-0.39, 0.29) is 11.7 Å². The maximum absolute atomic E-state index is 11.5. The molecule has 1 atom stereocenters. The Kier molecular flexibility index (Phi) is 3.28. The largest absolute Gasteiger partial charge is 0.294 e. The predicted molar refractivity (Wildman–Crippen MR) is 53.4 cm³/mol. The number of ketones is 1. The molecule has 0 saturated carbocycles. The summed E-state index contributed by atoms with van der Waals surface area (Å²) >= 11 is 0. The highest BCUT2D eigenvalue weighted by molar-refractivity contribution is 5.96. The van der Waals surface area contributed by atoms with Gasteiger partial charge in [-0.2, -0.15) is 0 Å². The first kappa shape index (κ1) is 9.54. The number of benzene rings is 1. The van der Waals surface area contributed by atoms with Gasteiger partial charge in [0.2, 0.25) is 0 Å². The fraction of sp³-hybridized carbons (Fsp3) is 0.250. The maximum atomic E-state index is 11.5. The molecule has 1 nitrogen and oxygen atoms in total. The molecule has 0 aliphatic rings. The van der Waals surface area contributed by atoms with E-state index in [2.05, 4.69) is 5.92 Å². The van der Waals surface area contributed by atoms with Gasteiger partial charge in [0, 0.05) is 17.9 Å². The summed E-state index contributed by atoms with van der Waals surface area (Å²) in [4.78, 5) is 11.5. The van der Waals surface area contributed by atoms with Gasteiger partial charge in [0.15, 0.2) is 5.78 Å². The molecule has 0 radical (unpaired) electrons. The van der Waals surface area contributed by atoms with E-state index in [1.807, 2.05) is 37.3 Å². The van der Waals surface area contributed by atoms with Crippen LogP contribution in [0.4, 0.5) is 0 Å². The van der Waals surface area contributed by atoms with Crippen molar-refractivity contribution >= 4 is 5.78 Å². The van der Waals surface area contributed by atoms with Gasteiger partial charge in [0.05, 0.1) is 0 Å². The lowest BCUT2D eigenvalue weighted by Gasteiger charge is -2.02. The quantitative estimate of drug-likeness (QED) is 0.505. The third-order valence-electron chi connectivity index (χ3n) is 1.87. The topological polar surface area (TPSA) is 17.1 Å². The number of rotatable bonds is 3. The van der Waals surface area contributed by atoms with Gasteiger partial charge in [-0.3, -0.25) is 4.79 Å². The molecule has 0 fully saturated rings. The molecule has 0 aliphatic heterocycles. The first-order valence-electron chi connectivity index (χ1n) is 4.28. The summed E-state index contributed by atoms with van der Waals surface area (Å²) in [6, 6.07) is 9.22. The Bertz CT molecular complexity index is 319. The Morgan fingerprint density at radius 2 is 2.08 bits per heavy atom. The average Bonchev–Trinajstić information content (AvgIpc) is 2.19. The first-order chi connectivity index (χ1) is 6.24. The highest BCUT2D eigenvalue weighted by atomic mass is 16.1. The zero-order chi connectivity index (χ0) is 9.68. The Morgan fingerprint density at radius 1 is 1.46 bits per heavy atom. The van der Waals surface area contributed by atoms with Crippen LogP contribution in [-0.4, -0.2) is 5.78 Å². The van der Waals surface area contributed by atoms with Gasteiger partial charge < -0.3 is 0 Å². The van der Waals surface area contributed by atoms with Gasteiger partial charge in [0.25, 0.3) is 0 Å². The van der Waals surface area contributed by atoms with Crippen molar-refractivity contribution < 1.29 is 4.79 Å². The second kappa shape index (κ2) is 4.47. The molecule has 13 heavy (non-hydrogen) atoms. The molecule has 0 heterocycles. The summed E-state index contributed by atoms with van der Waals surface area (Å²) in [6.45, 7) is 1.88. The normalized spacial score (nSPS) is 11.7. The summed E-state index contributed by atoms with van der Waals surface area (Å²) in [5, 5.41) is 0. The van der Waals surface area contributed by atoms with Gasteiger partial charge in [-0.15, -0.1) is 12.3 Å². The molecule has 1 aromatic rings. The predicted octanol–water partition coefficient (Wildman–Crippen LogP) is 2.53. The molecule has 0 saturated heterocycles. The van der Waals surface area contributed by atoms with E-state index in [1.54, 1.807) is 0 Å². The van der Waals surface area contributed by atoms with Crippen LogP contribution in [0.1, 0.15) is 23.7 Å². The number of terminal acetylenes is 1. The second-order valence-corrected chi connectivity index (χ2v) is 3.06. The number of hydrogen-bond donors (Lipinski definition) is 0. The standard InChI is InChI=1S/C12H12O/c1-3-10(2)9-12(13)11-7-5-4-6-8-11/h1,4-8,10H,9H2,2H3. The molecule has 66 valence electrons. The summed E-state index contributed by atoms with van der Waals surface area (Å²) < 4.78 is 0. The molecule has 0 bridgehead atoms. The highest BCUT2D eigenvalue weighted by Crippen LogP contribution is 2.08. The summed E-state index contributed by atoms with van der Waals surface area (Å²) in [6.07, 6.45) is 5.63. The molecule has 1 rings (SSSR count). The molecule has 0 aliphatic carbocycles. The molecular weight excluding hydrogens is 160 g/mol. The number of Topliss-reactive ketones (excluding diaryl/α,β-unsaturated/α-hetero) is 1. The lowest BCUT2D eigenvalue weighted by molar-refractivity contribution is 0.0973. The van der Waals surface area contributed by atoms with Crippen molar-refractivity contribution in [3.05, 3.63) is 35.9 Å². The van der Waals surface area contributed by atoms with Gasteiger partial charge in [-0.1, -0.05) is 37.3 Å². The van der Waals surface area contributed by atoms with Crippen LogP contribution in [0.5, 0.6) is 0 Å². The number of hydrogen-bond acceptors (Lipinski definition) is 1. The zero-order valence-electron chi connectivity index (χ0n) is 7.66. The fourth-order valence-corrected chi connectivity index (χ4v) is 1.08. The SMILES string of the molecule is C#CC(C)CC(=O)c1ccccc1. The van der Waals surface area contributed by atoms with Crippen molar-refractivity contribution in [2.24, 2.45) is 5.92 Å². The molecule has 0 N–H and O–H groups in total. The van der Waals surface area contributed by atoms with Crippen LogP contribution < -0.4 is 0 Å². The van der Waals surface area contributed by atoms with Gasteiger partial charge >= 0.3 is 0 Å². The van der Waals surface area contributed by atoms with Crippen LogP contribution in [-0.2, 0) is 0 Å². The van der Waals surface area contributed by atoms with Crippen molar-refractivity contribution in [1.82, 2.24) is 0 Å². The van der Waals surface area contributed by atoms with E-state index >= 15 is 0 Å². The number of carbonyl (C=O) groups is 1. The van der Waals surface area contributed by atoms with Crippen LogP contribution in [0, 0.1) is 18.3 Å². The van der Waals surface area contributed by atoms with E-state index in [0.717, 1.165) is 5.56 Å². The minimum Gasteiger partial charge on any atom is -0.294 e. The summed E-state index contributed by atoms with van der Waals surface area (Å²) in [5.41, 5.74) is 0.740. The molecule has 0 amide bonds. The van der Waals surface area contributed by atoms with Crippen molar-refractivity contribution in [3.8, 4) is 12.3 Å². The molecule has 1 heteroatoms. The van der Waals surface area contributed by atoms with Crippen LogP contribution >= 0.6 is 0 Å².